The van der Waals surface area contributed by atoms with Crippen LogP contribution in [0.3, 0.4) is 0 Å². The van der Waals surface area contributed by atoms with Crippen LogP contribution >= 0.6 is 0 Å². The number of ether oxygens (including phenoxy) is 7. The van der Waals surface area contributed by atoms with Gasteiger partial charge < -0.3 is 38.5 Å². The van der Waals surface area contributed by atoms with Gasteiger partial charge in [0.1, 0.15) is 18.3 Å². The van der Waals surface area contributed by atoms with E-state index in [0.717, 1.165) is 19.4 Å². The summed E-state index contributed by atoms with van der Waals surface area (Å²) in [6.07, 6.45) is 1.86. The molecule has 1 aromatic rings. The molecule has 0 unspecified atom stereocenters. The number of aryl methyl sites for hydroxylation is 1. The fraction of sp³-hybridized carbons (Fsp3) is 0.581. The van der Waals surface area contributed by atoms with Gasteiger partial charge in [-0.05, 0) is 78.4 Å². The van der Waals surface area contributed by atoms with Gasteiger partial charge in [-0.25, -0.2) is 19.2 Å². The van der Waals surface area contributed by atoms with E-state index in [9.17, 15) is 38.4 Å². The molecule has 2 rings (SSSR count). The highest BCUT2D eigenvalue weighted by Crippen LogP contribution is 2.41. The Kier molecular flexibility index (Phi) is 21.6. The molecule has 0 saturated heterocycles. The number of esters is 7. The van der Waals surface area contributed by atoms with Gasteiger partial charge in [0.15, 0.2) is 24.4 Å². The van der Waals surface area contributed by atoms with Gasteiger partial charge in [-0.3, -0.25) is 19.2 Å². The Morgan fingerprint density at radius 1 is 0.695 bits per heavy atom. The highest BCUT2D eigenvalue weighted by molar-refractivity contribution is 5.83. The van der Waals surface area contributed by atoms with Crippen LogP contribution in [0, 0.1) is 11.8 Å². The first-order chi connectivity index (χ1) is 27.9. The minimum Gasteiger partial charge on any atom is -0.459 e. The lowest BCUT2D eigenvalue weighted by molar-refractivity contribution is -0.179. The number of carbonyl (C=O) groups is 8. The SMILES string of the molecule is CCNC(=O)CCC/C=C\C[C@@H]1[C@@H](/C=C/[C@H](CCc2ccccc2)OC(=O)[C@H](C)OC(C)=O)[C@H](OC(=O)[C@H](C)OC(C)=O)C[C@@H]1OC(=O)[C@H](C)OC(=O)[C@H](C)OC(C)=O. The monoisotopic (exact) mass is 829 g/mol. The number of hydrogen-bond donors (Lipinski definition) is 1. The molecule has 1 aliphatic carbocycles. The van der Waals surface area contributed by atoms with Crippen molar-refractivity contribution in [2.75, 3.05) is 6.54 Å². The molecule has 1 saturated carbocycles. The van der Waals surface area contributed by atoms with Gasteiger partial charge in [-0.15, -0.1) is 0 Å². The van der Waals surface area contributed by atoms with Crippen molar-refractivity contribution in [3.05, 3.63) is 60.2 Å². The van der Waals surface area contributed by atoms with Crippen LogP contribution in [0.1, 0.15) is 99.5 Å². The van der Waals surface area contributed by atoms with Crippen molar-refractivity contribution >= 4 is 47.7 Å². The van der Waals surface area contributed by atoms with E-state index >= 15 is 0 Å². The Balaban J connectivity index is 2.52. The highest BCUT2D eigenvalue weighted by atomic mass is 16.6. The Bertz CT molecular complexity index is 1640. The number of amides is 1. The van der Waals surface area contributed by atoms with Gasteiger partial charge in [0.25, 0.3) is 0 Å². The Labute approximate surface area is 345 Å². The van der Waals surface area contributed by atoms with Crippen LogP contribution in [0.2, 0.25) is 0 Å². The molecule has 0 spiro atoms. The average Bonchev–Trinajstić information content (AvgIpc) is 3.47. The van der Waals surface area contributed by atoms with E-state index in [4.69, 9.17) is 33.2 Å². The van der Waals surface area contributed by atoms with Crippen molar-refractivity contribution in [1.29, 1.82) is 0 Å². The maximum Gasteiger partial charge on any atom is 0.347 e. The molecule has 1 amide bonds. The second-order valence-electron chi connectivity index (χ2n) is 14.2. The van der Waals surface area contributed by atoms with Crippen LogP contribution in [-0.2, 0) is 77.9 Å². The first-order valence-corrected chi connectivity index (χ1v) is 19.9. The number of allylic oxidation sites excluding steroid dienone is 2. The quantitative estimate of drug-likeness (QED) is 0.0692. The molecule has 0 aromatic heterocycles. The lowest BCUT2D eigenvalue weighted by Crippen LogP contribution is -2.35. The van der Waals surface area contributed by atoms with E-state index in [1.54, 1.807) is 12.2 Å². The summed E-state index contributed by atoms with van der Waals surface area (Å²) in [4.78, 5) is 98.8. The van der Waals surface area contributed by atoms with Crippen LogP contribution in [0.5, 0.6) is 0 Å². The molecule has 16 nitrogen and oxygen atoms in total. The zero-order chi connectivity index (χ0) is 44.1. The topological polar surface area (TPSA) is 213 Å². The lowest BCUT2D eigenvalue weighted by atomic mass is 9.89. The van der Waals surface area contributed by atoms with Gasteiger partial charge in [-0.1, -0.05) is 48.6 Å². The van der Waals surface area contributed by atoms with Crippen molar-refractivity contribution in [3.8, 4) is 0 Å². The van der Waals surface area contributed by atoms with Crippen molar-refractivity contribution in [2.45, 2.75) is 143 Å². The van der Waals surface area contributed by atoms with Gasteiger partial charge in [-0.2, -0.15) is 0 Å². The summed E-state index contributed by atoms with van der Waals surface area (Å²) in [6, 6.07) is 9.48. The summed E-state index contributed by atoms with van der Waals surface area (Å²) < 4.78 is 37.8. The van der Waals surface area contributed by atoms with Gasteiger partial charge in [0.2, 0.25) is 5.91 Å². The summed E-state index contributed by atoms with van der Waals surface area (Å²) in [7, 11) is 0. The molecule has 0 heterocycles. The number of benzene rings is 1. The summed E-state index contributed by atoms with van der Waals surface area (Å²) >= 11 is 0. The van der Waals surface area contributed by atoms with Crippen molar-refractivity contribution in [2.24, 2.45) is 11.8 Å². The molecule has 326 valence electrons. The zero-order valence-electron chi connectivity index (χ0n) is 35.2. The van der Waals surface area contributed by atoms with Gasteiger partial charge >= 0.3 is 41.8 Å². The summed E-state index contributed by atoms with van der Waals surface area (Å²) in [5.41, 5.74) is 0.973. The molecular formula is C43H59NO15. The van der Waals surface area contributed by atoms with Gasteiger partial charge in [0, 0.05) is 52.0 Å². The molecule has 0 aliphatic heterocycles. The Morgan fingerprint density at radius 3 is 1.78 bits per heavy atom. The molecule has 1 fully saturated rings. The highest BCUT2D eigenvalue weighted by Gasteiger charge is 2.47. The molecular weight excluding hydrogens is 770 g/mol. The maximum atomic E-state index is 13.4. The van der Waals surface area contributed by atoms with Crippen molar-refractivity contribution < 1.29 is 71.5 Å². The minimum absolute atomic E-state index is 0.0164. The smallest absolute Gasteiger partial charge is 0.347 e. The number of hydrogen-bond acceptors (Lipinski definition) is 15. The van der Waals surface area contributed by atoms with Crippen molar-refractivity contribution in [3.63, 3.8) is 0 Å². The number of carbonyl (C=O) groups excluding carboxylic acids is 8. The predicted octanol–water partition coefficient (Wildman–Crippen LogP) is 4.59. The molecule has 16 heteroatoms. The third-order valence-corrected chi connectivity index (χ3v) is 9.15. The van der Waals surface area contributed by atoms with E-state index in [0.29, 0.717) is 38.6 Å². The number of unbranched alkanes of at least 4 members (excludes halogenated alkanes) is 1. The second-order valence-corrected chi connectivity index (χ2v) is 14.2. The zero-order valence-corrected chi connectivity index (χ0v) is 35.2. The average molecular weight is 830 g/mol. The Morgan fingerprint density at radius 2 is 1.22 bits per heavy atom. The standard InChI is InChI=1S/C43H59NO15/c1-9-44-39(48)20-16-11-10-15-19-35-36(24-23-34(22-21-33-17-13-12-14-18-33)57-41(50)27(3)54-31(7)46)38(59-42(51)28(4)55-32(8)47)25-37(35)58-43(52)29(5)56-40(49)26(2)53-30(6)45/h10,12-15,17-18,23-24,26-29,34-38H,9,11,16,19-22,25H2,1-8H3,(H,44,48)/b15-10-,24-23+/t26-,27-,28-,29-,34-,35+,36+,37-,38+/m0/s1. The first kappa shape index (κ1) is 49.6. The predicted molar refractivity (Wildman–Crippen MR) is 211 cm³/mol. The van der Waals surface area contributed by atoms with Crippen LogP contribution in [0.15, 0.2) is 54.6 Å². The van der Waals surface area contributed by atoms with E-state index in [1.165, 1.54) is 34.6 Å². The van der Waals surface area contributed by atoms with Crippen LogP contribution < -0.4 is 5.32 Å². The summed E-state index contributed by atoms with van der Waals surface area (Å²) in [6.45, 7) is 11.2. The number of rotatable bonds is 23. The molecule has 1 aromatic carbocycles. The second kappa shape index (κ2) is 25.7. The van der Waals surface area contributed by atoms with E-state index in [2.05, 4.69) is 5.32 Å². The number of nitrogens with one attached hydrogen (secondary N) is 1. The minimum atomic E-state index is -1.41. The largest absolute Gasteiger partial charge is 0.459 e. The molecule has 59 heavy (non-hydrogen) atoms. The summed E-state index contributed by atoms with van der Waals surface area (Å²) in [5.74, 6) is -6.88. The van der Waals surface area contributed by atoms with Crippen molar-refractivity contribution in [1.82, 2.24) is 5.32 Å². The van der Waals surface area contributed by atoms with Crippen LogP contribution in [-0.4, -0.2) is 97.0 Å². The first-order valence-electron chi connectivity index (χ1n) is 19.9. The third kappa shape index (κ3) is 18.7. The van der Waals surface area contributed by atoms with Crippen LogP contribution in [0.25, 0.3) is 0 Å². The Hall–Kier alpha value is -5.54. The lowest BCUT2D eigenvalue weighted by Gasteiger charge is -2.25. The normalized spacial score (nSPS) is 20.0. The molecule has 1 aliphatic rings. The third-order valence-electron chi connectivity index (χ3n) is 9.15. The van der Waals surface area contributed by atoms with E-state index < -0.39 is 96.3 Å². The van der Waals surface area contributed by atoms with E-state index in [1.807, 2.05) is 49.4 Å². The fourth-order valence-electron chi connectivity index (χ4n) is 6.30. The molecule has 9 atom stereocenters. The van der Waals surface area contributed by atoms with Gasteiger partial charge in [0.05, 0.1) is 0 Å². The van der Waals surface area contributed by atoms with Crippen LogP contribution in [0.4, 0.5) is 0 Å². The fourth-order valence-corrected chi connectivity index (χ4v) is 6.30. The summed E-state index contributed by atoms with van der Waals surface area (Å²) in [5, 5.41) is 2.76. The molecule has 0 bridgehead atoms. The molecule has 0 radical (unpaired) electrons. The maximum absolute atomic E-state index is 13.4. The van der Waals surface area contributed by atoms with E-state index in [-0.39, 0.29) is 18.7 Å². The molecule has 1 N–H and O–H groups in total.